The highest BCUT2D eigenvalue weighted by atomic mass is 16.2. The Morgan fingerprint density at radius 3 is 2.72 bits per heavy atom. The Morgan fingerprint density at radius 2 is 1.89 bits per heavy atom. The molecule has 3 rings (SSSR count). The first kappa shape index (κ1) is 11.5. The maximum Gasteiger partial charge on any atom is 0.324 e. The zero-order valence-corrected chi connectivity index (χ0v) is 10.6. The molecule has 1 saturated heterocycles. The molecule has 2 aliphatic rings. The fourth-order valence-corrected chi connectivity index (χ4v) is 2.74. The monoisotopic (exact) mass is 245 g/mol. The van der Waals surface area contributed by atoms with E-state index in [9.17, 15) is 4.79 Å². The van der Waals surface area contributed by atoms with E-state index in [1.807, 2.05) is 21.9 Å². The van der Waals surface area contributed by atoms with Crippen LogP contribution < -0.4 is 10.2 Å². The van der Waals surface area contributed by atoms with Crippen LogP contribution in [0.15, 0.2) is 24.3 Å². The molecule has 2 heterocycles. The molecular formula is C14H19N3O. The molecule has 1 fully saturated rings. The third-order valence-electron chi connectivity index (χ3n) is 3.72. The third kappa shape index (κ3) is 2.08. The molecule has 0 aliphatic carbocycles. The fraction of sp³-hybridized carbons (Fsp3) is 0.500. The van der Waals surface area contributed by atoms with E-state index in [0.717, 1.165) is 51.3 Å². The van der Waals surface area contributed by atoms with E-state index >= 15 is 0 Å². The van der Waals surface area contributed by atoms with Crippen LogP contribution in [-0.2, 0) is 6.54 Å². The number of hydrogen-bond donors (Lipinski definition) is 1. The predicted molar refractivity (Wildman–Crippen MR) is 71.7 cm³/mol. The van der Waals surface area contributed by atoms with E-state index in [2.05, 4.69) is 17.4 Å². The minimum absolute atomic E-state index is 0.170. The summed E-state index contributed by atoms with van der Waals surface area (Å²) in [7, 11) is 0. The predicted octanol–water partition coefficient (Wildman–Crippen LogP) is 1.81. The molecule has 2 aliphatic heterocycles. The summed E-state index contributed by atoms with van der Waals surface area (Å²) < 4.78 is 0. The number of urea groups is 1. The van der Waals surface area contributed by atoms with Gasteiger partial charge in [0.15, 0.2) is 0 Å². The normalized spacial score (nSPS) is 19.6. The molecule has 18 heavy (non-hydrogen) atoms. The lowest BCUT2D eigenvalue weighted by molar-refractivity contribution is 0.215. The first-order valence-corrected chi connectivity index (χ1v) is 6.71. The lowest BCUT2D eigenvalue weighted by Gasteiger charge is -2.27. The molecule has 1 aromatic rings. The molecule has 4 nitrogen and oxygen atoms in total. The Bertz CT molecular complexity index is 440. The highest BCUT2D eigenvalue weighted by Crippen LogP contribution is 2.24. The Balaban J connectivity index is 1.88. The number of benzene rings is 1. The van der Waals surface area contributed by atoms with Crippen molar-refractivity contribution in [2.24, 2.45) is 0 Å². The van der Waals surface area contributed by atoms with Gasteiger partial charge in [-0.05, 0) is 24.5 Å². The maximum atomic E-state index is 12.5. The Kier molecular flexibility index (Phi) is 3.19. The van der Waals surface area contributed by atoms with Gasteiger partial charge >= 0.3 is 6.03 Å². The van der Waals surface area contributed by atoms with Gasteiger partial charge in [-0.1, -0.05) is 18.2 Å². The first-order chi connectivity index (χ1) is 8.86. The van der Waals surface area contributed by atoms with Crippen LogP contribution >= 0.6 is 0 Å². The Hall–Kier alpha value is -1.55. The second-order valence-electron chi connectivity index (χ2n) is 4.93. The van der Waals surface area contributed by atoms with Crippen LogP contribution in [0.3, 0.4) is 0 Å². The van der Waals surface area contributed by atoms with Crippen LogP contribution in [0.2, 0.25) is 0 Å². The third-order valence-corrected chi connectivity index (χ3v) is 3.72. The fourth-order valence-electron chi connectivity index (χ4n) is 2.74. The number of nitrogens with one attached hydrogen (secondary N) is 1. The van der Waals surface area contributed by atoms with E-state index < -0.39 is 0 Å². The smallest absolute Gasteiger partial charge is 0.324 e. The number of amides is 2. The summed E-state index contributed by atoms with van der Waals surface area (Å²) in [6.07, 6.45) is 2.28. The molecule has 96 valence electrons. The standard InChI is InChI=1S/C14H19N3O/c18-14(16-8-3-4-9-16)17-10-7-15-11-12-5-1-2-6-13(12)17/h1-2,5-6,15H,3-4,7-11H2. The number of carbonyl (C=O) groups is 1. The van der Waals surface area contributed by atoms with Crippen molar-refractivity contribution in [3.8, 4) is 0 Å². The van der Waals surface area contributed by atoms with Gasteiger partial charge < -0.3 is 10.2 Å². The van der Waals surface area contributed by atoms with Crippen LogP contribution in [0.4, 0.5) is 10.5 Å². The van der Waals surface area contributed by atoms with Crippen molar-refractivity contribution in [2.45, 2.75) is 19.4 Å². The van der Waals surface area contributed by atoms with Crippen molar-refractivity contribution in [3.63, 3.8) is 0 Å². The highest BCUT2D eigenvalue weighted by molar-refractivity contribution is 5.93. The Morgan fingerprint density at radius 1 is 1.11 bits per heavy atom. The van der Waals surface area contributed by atoms with Gasteiger partial charge in [-0.25, -0.2) is 4.79 Å². The van der Waals surface area contributed by atoms with Crippen LogP contribution in [0.1, 0.15) is 18.4 Å². The van der Waals surface area contributed by atoms with Crippen molar-refractivity contribution in [2.75, 3.05) is 31.1 Å². The van der Waals surface area contributed by atoms with Gasteiger partial charge in [0.2, 0.25) is 0 Å². The minimum Gasteiger partial charge on any atom is -0.324 e. The molecule has 2 amide bonds. The minimum atomic E-state index is 0.170. The van der Waals surface area contributed by atoms with Crippen molar-refractivity contribution < 1.29 is 4.79 Å². The van der Waals surface area contributed by atoms with Crippen molar-refractivity contribution in [1.82, 2.24) is 10.2 Å². The van der Waals surface area contributed by atoms with E-state index in [1.54, 1.807) is 0 Å². The summed E-state index contributed by atoms with van der Waals surface area (Å²) in [5.41, 5.74) is 2.28. The van der Waals surface area contributed by atoms with Crippen molar-refractivity contribution in [3.05, 3.63) is 29.8 Å². The van der Waals surface area contributed by atoms with Crippen LogP contribution in [-0.4, -0.2) is 37.1 Å². The molecular weight excluding hydrogens is 226 g/mol. The molecule has 0 radical (unpaired) electrons. The van der Waals surface area contributed by atoms with Crippen molar-refractivity contribution in [1.29, 1.82) is 0 Å². The second kappa shape index (κ2) is 4.98. The van der Waals surface area contributed by atoms with Gasteiger partial charge in [0.1, 0.15) is 0 Å². The highest BCUT2D eigenvalue weighted by Gasteiger charge is 2.26. The maximum absolute atomic E-state index is 12.5. The number of nitrogens with zero attached hydrogens (tertiary/aromatic N) is 2. The van der Waals surface area contributed by atoms with Crippen LogP contribution in [0.5, 0.6) is 0 Å². The average molecular weight is 245 g/mol. The molecule has 0 unspecified atom stereocenters. The summed E-state index contributed by atoms with van der Waals surface area (Å²) in [4.78, 5) is 16.4. The second-order valence-corrected chi connectivity index (χ2v) is 4.93. The summed E-state index contributed by atoms with van der Waals surface area (Å²) in [6.45, 7) is 4.27. The number of carbonyl (C=O) groups excluding carboxylic acids is 1. The number of fused-ring (bicyclic) bond motifs is 1. The lowest BCUT2D eigenvalue weighted by atomic mass is 10.1. The number of hydrogen-bond acceptors (Lipinski definition) is 2. The lowest BCUT2D eigenvalue weighted by Crippen LogP contribution is -2.43. The zero-order valence-electron chi connectivity index (χ0n) is 10.6. The van der Waals surface area contributed by atoms with Gasteiger partial charge in [0.05, 0.1) is 0 Å². The SMILES string of the molecule is O=C(N1CCCC1)N1CCNCc2ccccc21. The zero-order chi connectivity index (χ0) is 12.4. The molecule has 0 saturated carbocycles. The van der Waals surface area contributed by atoms with E-state index in [-0.39, 0.29) is 6.03 Å². The van der Waals surface area contributed by atoms with Gasteiger partial charge in [-0.2, -0.15) is 0 Å². The van der Waals surface area contributed by atoms with Crippen LogP contribution in [0.25, 0.3) is 0 Å². The van der Waals surface area contributed by atoms with E-state index in [0.29, 0.717) is 0 Å². The van der Waals surface area contributed by atoms with Gasteiger partial charge in [-0.3, -0.25) is 4.90 Å². The molecule has 0 spiro atoms. The topological polar surface area (TPSA) is 35.6 Å². The molecule has 1 N–H and O–H groups in total. The van der Waals surface area contributed by atoms with Crippen molar-refractivity contribution >= 4 is 11.7 Å². The van der Waals surface area contributed by atoms with Gasteiger partial charge in [0, 0.05) is 38.4 Å². The largest absolute Gasteiger partial charge is 0.324 e. The molecule has 0 atom stereocenters. The quantitative estimate of drug-likeness (QED) is 0.756. The molecule has 1 aromatic carbocycles. The number of para-hydroxylation sites is 1. The Labute approximate surface area is 108 Å². The average Bonchev–Trinajstić information content (AvgIpc) is 2.85. The number of rotatable bonds is 0. The summed E-state index contributed by atoms with van der Waals surface area (Å²) in [6, 6.07) is 8.36. The van der Waals surface area contributed by atoms with Gasteiger partial charge in [-0.15, -0.1) is 0 Å². The summed E-state index contributed by atoms with van der Waals surface area (Å²) in [5.74, 6) is 0. The molecule has 0 aromatic heterocycles. The van der Waals surface area contributed by atoms with Crippen LogP contribution in [0, 0.1) is 0 Å². The summed E-state index contributed by atoms with van der Waals surface area (Å²) >= 11 is 0. The number of anilines is 1. The first-order valence-electron chi connectivity index (χ1n) is 6.71. The number of likely N-dealkylation sites (tertiary alicyclic amines) is 1. The van der Waals surface area contributed by atoms with Gasteiger partial charge in [0.25, 0.3) is 0 Å². The summed E-state index contributed by atoms with van der Waals surface area (Å²) in [5, 5.41) is 3.37. The molecule has 0 bridgehead atoms. The molecule has 4 heteroatoms. The van der Waals surface area contributed by atoms with E-state index in [4.69, 9.17) is 0 Å². The van der Waals surface area contributed by atoms with E-state index in [1.165, 1.54) is 5.56 Å².